The summed E-state index contributed by atoms with van der Waals surface area (Å²) in [6, 6.07) is 23.7. The Balaban J connectivity index is 2.21. The van der Waals surface area contributed by atoms with Crippen molar-refractivity contribution in [1.82, 2.24) is 4.57 Å². The number of hydrogen-bond donors (Lipinski definition) is 0. The van der Waals surface area contributed by atoms with Crippen LogP contribution in [-0.2, 0) is 0 Å². The lowest BCUT2D eigenvalue weighted by Crippen LogP contribution is -1.93. The number of aromatic nitrogens is 1. The Bertz CT molecular complexity index is 988. The van der Waals surface area contributed by atoms with Gasteiger partial charge in [-0.25, -0.2) is 0 Å². The van der Waals surface area contributed by atoms with Crippen LogP contribution in [0.3, 0.4) is 0 Å². The van der Waals surface area contributed by atoms with Crippen LogP contribution < -0.4 is 0 Å². The van der Waals surface area contributed by atoms with Gasteiger partial charge < -0.3 is 4.57 Å². The van der Waals surface area contributed by atoms with Crippen LogP contribution in [0.15, 0.2) is 73.3 Å². The maximum atomic E-state index is 3.97. The molecule has 22 heavy (non-hydrogen) atoms. The van der Waals surface area contributed by atoms with Crippen molar-refractivity contribution < 1.29 is 0 Å². The fourth-order valence-corrected chi connectivity index (χ4v) is 3.19. The topological polar surface area (TPSA) is 4.93 Å². The summed E-state index contributed by atoms with van der Waals surface area (Å²) in [5.41, 5.74) is 6.10. The van der Waals surface area contributed by atoms with Crippen LogP contribution in [0.1, 0.15) is 11.1 Å². The molecule has 0 aliphatic heterocycles. The van der Waals surface area contributed by atoms with E-state index in [2.05, 4.69) is 84.8 Å². The molecule has 0 N–H and O–H groups in total. The van der Waals surface area contributed by atoms with Crippen molar-refractivity contribution >= 4 is 27.9 Å². The molecule has 0 spiro atoms. The van der Waals surface area contributed by atoms with Crippen LogP contribution in [0.2, 0.25) is 0 Å². The van der Waals surface area contributed by atoms with Gasteiger partial charge >= 0.3 is 0 Å². The van der Waals surface area contributed by atoms with Crippen LogP contribution in [0, 0.1) is 6.92 Å². The molecule has 0 atom stereocenters. The third-order valence-corrected chi connectivity index (χ3v) is 4.24. The molecule has 1 heteroatoms. The number of hydrogen-bond acceptors (Lipinski definition) is 0. The minimum absolute atomic E-state index is 1.18. The van der Waals surface area contributed by atoms with E-state index in [-0.39, 0.29) is 0 Å². The Morgan fingerprint density at radius 2 is 1.55 bits per heavy atom. The van der Waals surface area contributed by atoms with E-state index in [0.29, 0.717) is 0 Å². The molecule has 4 aromatic rings. The smallest absolute Gasteiger partial charge is 0.0547 e. The van der Waals surface area contributed by atoms with Crippen LogP contribution in [0.4, 0.5) is 0 Å². The molecule has 1 heterocycles. The van der Waals surface area contributed by atoms with Gasteiger partial charge in [0.05, 0.1) is 11.0 Å². The molecule has 0 saturated heterocycles. The van der Waals surface area contributed by atoms with Gasteiger partial charge in [-0.15, -0.1) is 0 Å². The van der Waals surface area contributed by atoms with Crippen LogP contribution in [-0.4, -0.2) is 4.57 Å². The zero-order valence-corrected chi connectivity index (χ0v) is 12.6. The molecule has 1 aromatic heterocycles. The summed E-state index contributed by atoms with van der Waals surface area (Å²) in [5, 5.41) is 2.54. The fourth-order valence-electron chi connectivity index (χ4n) is 3.19. The number of rotatable bonds is 2. The van der Waals surface area contributed by atoms with E-state index in [0.717, 1.165) is 0 Å². The molecule has 3 aromatic carbocycles. The summed E-state index contributed by atoms with van der Waals surface area (Å²) in [4.78, 5) is 0. The molecule has 0 bridgehead atoms. The standard InChI is InChI=1S/C21H17N/c1-3-16-7-6-10-20-21(16)18-8-4-5-9-19(18)22(20)17-13-11-15(2)12-14-17/h3-14H,1H2,2H3. The van der Waals surface area contributed by atoms with E-state index in [1.54, 1.807) is 0 Å². The van der Waals surface area contributed by atoms with Crippen molar-refractivity contribution in [3.63, 3.8) is 0 Å². The number of benzene rings is 3. The van der Waals surface area contributed by atoms with Crippen molar-refractivity contribution in [3.05, 3.63) is 84.4 Å². The van der Waals surface area contributed by atoms with Crippen LogP contribution in [0.5, 0.6) is 0 Å². The lowest BCUT2D eigenvalue weighted by Gasteiger charge is -2.08. The summed E-state index contributed by atoms with van der Waals surface area (Å²) in [6.07, 6.45) is 1.94. The minimum atomic E-state index is 1.18. The van der Waals surface area contributed by atoms with Crippen molar-refractivity contribution in [3.8, 4) is 5.69 Å². The van der Waals surface area contributed by atoms with Crippen LogP contribution >= 0.6 is 0 Å². The molecule has 0 saturated carbocycles. The lowest BCUT2D eigenvalue weighted by molar-refractivity contribution is 1.17. The quantitative estimate of drug-likeness (QED) is 0.442. The van der Waals surface area contributed by atoms with Crippen molar-refractivity contribution in [2.24, 2.45) is 0 Å². The zero-order chi connectivity index (χ0) is 15.1. The van der Waals surface area contributed by atoms with E-state index < -0.39 is 0 Å². The molecule has 0 aliphatic carbocycles. The van der Waals surface area contributed by atoms with E-state index in [1.165, 1.54) is 38.6 Å². The number of para-hydroxylation sites is 1. The highest BCUT2D eigenvalue weighted by molar-refractivity contribution is 6.12. The first-order chi connectivity index (χ1) is 10.8. The first-order valence-electron chi connectivity index (χ1n) is 7.51. The van der Waals surface area contributed by atoms with Gasteiger partial charge in [-0.1, -0.05) is 60.7 Å². The third-order valence-electron chi connectivity index (χ3n) is 4.24. The molecule has 0 amide bonds. The normalized spacial score (nSPS) is 11.1. The van der Waals surface area contributed by atoms with E-state index in [9.17, 15) is 0 Å². The second kappa shape index (κ2) is 4.88. The van der Waals surface area contributed by atoms with Gasteiger partial charge in [0.15, 0.2) is 0 Å². The summed E-state index contributed by atoms with van der Waals surface area (Å²) in [5.74, 6) is 0. The summed E-state index contributed by atoms with van der Waals surface area (Å²) < 4.78 is 2.33. The summed E-state index contributed by atoms with van der Waals surface area (Å²) >= 11 is 0. The molecule has 1 nitrogen and oxygen atoms in total. The van der Waals surface area contributed by atoms with E-state index in [1.807, 2.05) is 6.08 Å². The van der Waals surface area contributed by atoms with Gasteiger partial charge in [-0.05, 0) is 36.8 Å². The fraction of sp³-hybridized carbons (Fsp3) is 0.0476. The average Bonchev–Trinajstić information content (AvgIpc) is 2.90. The maximum Gasteiger partial charge on any atom is 0.0547 e. The maximum absolute atomic E-state index is 3.97. The average molecular weight is 283 g/mol. The third kappa shape index (κ3) is 1.79. The molecule has 0 aliphatic rings. The van der Waals surface area contributed by atoms with Crippen molar-refractivity contribution in [2.75, 3.05) is 0 Å². The van der Waals surface area contributed by atoms with Crippen molar-refractivity contribution in [1.29, 1.82) is 0 Å². The van der Waals surface area contributed by atoms with Crippen LogP contribution in [0.25, 0.3) is 33.6 Å². The predicted octanol–water partition coefficient (Wildman–Crippen LogP) is 5.74. The second-order valence-electron chi connectivity index (χ2n) is 5.63. The Kier molecular flexibility index (Phi) is 2.87. The highest BCUT2D eigenvalue weighted by Gasteiger charge is 2.13. The number of nitrogens with zero attached hydrogens (tertiary/aromatic N) is 1. The molecule has 0 unspecified atom stereocenters. The van der Waals surface area contributed by atoms with Gasteiger partial charge in [0.1, 0.15) is 0 Å². The molecular formula is C21H17N. The minimum Gasteiger partial charge on any atom is -0.309 e. The highest BCUT2D eigenvalue weighted by Crippen LogP contribution is 2.34. The Morgan fingerprint density at radius 1 is 0.818 bits per heavy atom. The first kappa shape index (κ1) is 12.9. The number of fused-ring (bicyclic) bond motifs is 3. The molecule has 4 rings (SSSR count). The van der Waals surface area contributed by atoms with Gasteiger partial charge in [0.25, 0.3) is 0 Å². The summed E-state index contributed by atoms with van der Waals surface area (Å²) in [6.45, 7) is 6.09. The van der Waals surface area contributed by atoms with E-state index >= 15 is 0 Å². The summed E-state index contributed by atoms with van der Waals surface area (Å²) in [7, 11) is 0. The molecule has 106 valence electrons. The molecule has 0 fully saturated rings. The Labute approximate surface area is 130 Å². The van der Waals surface area contributed by atoms with Gasteiger partial charge in [0, 0.05) is 16.5 Å². The van der Waals surface area contributed by atoms with E-state index in [4.69, 9.17) is 0 Å². The van der Waals surface area contributed by atoms with Gasteiger partial charge in [-0.3, -0.25) is 0 Å². The van der Waals surface area contributed by atoms with Gasteiger partial charge in [-0.2, -0.15) is 0 Å². The first-order valence-corrected chi connectivity index (χ1v) is 7.51. The Morgan fingerprint density at radius 3 is 2.32 bits per heavy atom. The number of aryl methyl sites for hydroxylation is 1. The van der Waals surface area contributed by atoms with Gasteiger partial charge in [0.2, 0.25) is 0 Å². The predicted molar refractivity (Wildman–Crippen MR) is 95.6 cm³/mol. The molecule has 0 radical (unpaired) electrons. The second-order valence-corrected chi connectivity index (χ2v) is 5.63. The van der Waals surface area contributed by atoms with Crippen molar-refractivity contribution in [2.45, 2.75) is 6.92 Å². The SMILES string of the molecule is C=Cc1cccc2c1c1ccccc1n2-c1ccc(C)cc1. The monoisotopic (exact) mass is 283 g/mol. The Hall–Kier alpha value is -2.80. The highest BCUT2D eigenvalue weighted by atomic mass is 15.0. The molecular weight excluding hydrogens is 266 g/mol. The lowest BCUT2D eigenvalue weighted by atomic mass is 10.1. The largest absolute Gasteiger partial charge is 0.309 e. The zero-order valence-electron chi connectivity index (χ0n) is 12.6.